The molecule has 2 unspecified atom stereocenters. The van der Waals surface area contributed by atoms with Crippen LogP contribution in [-0.2, 0) is 4.79 Å². The highest BCUT2D eigenvalue weighted by molar-refractivity contribution is 5.99. The Balaban J connectivity index is 2.08. The zero-order valence-electron chi connectivity index (χ0n) is 12.6. The van der Waals surface area contributed by atoms with Gasteiger partial charge in [0.2, 0.25) is 5.91 Å². The van der Waals surface area contributed by atoms with E-state index >= 15 is 0 Å². The van der Waals surface area contributed by atoms with Crippen molar-refractivity contribution in [3.05, 3.63) is 23.9 Å². The standard InChI is InChI=1S/C15H22N4O2/c1-9(2)17-14-11(5-4-8-16-14)15(21)19-12-6-7-13(20)18-10(12)3/h4-5,8-10,12H,6-7H2,1-3H3,(H,16,17)(H,18,20)(H,19,21). The van der Waals surface area contributed by atoms with Gasteiger partial charge < -0.3 is 16.0 Å². The fourth-order valence-corrected chi connectivity index (χ4v) is 2.38. The number of aromatic nitrogens is 1. The van der Waals surface area contributed by atoms with Gasteiger partial charge in [-0.05, 0) is 39.3 Å². The zero-order chi connectivity index (χ0) is 15.4. The minimum Gasteiger partial charge on any atom is -0.367 e. The number of anilines is 1. The van der Waals surface area contributed by atoms with E-state index in [1.54, 1.807) is 18.3 Å². The lowest BCUT2D eigenvalue weighted by atomic mass is 9.99. The first-order valence-electron chi connectivity index (χ1n) is 7.29. The third-order valence-corrected chi connectivity index (χ3v) is 3.47. The molecule has 6 nitrogen and oxygen atoms in total. The molecule has 0 aliphatic carbocycles. The van der Waals surface area contributed by atoms with E-state index < -0.39 is 0 Å². The van der Waals surface area contributed by atoms with Crippen molar-refractivity contribution < 1.29 is 9.59 Å². The summed E-state index contributed by atoms with van der Waals surface area (Å²) in [4.78, 5) is 28.0. The van der Waals surface area contributed by atoms with E-state index in [0.717, 1.165) is 0 Å². The summed E-state index contributed by atoms with van der Waals surface area (Å²) in [6.07, 6.45) is 2.76. The van der Waals surface area contributed by atoms with Crippen molar-refractivity contribution >= 4 is 17.6 Å². The van der Waals surface area contributed by atoms with Crippen LogP contribution >= 0.6 is 0 Å². The average Bonchev–Trinajstić information content (AvgIpc) is 2.42. The van der Waals surface area contributed by atoms with Crippen LogP contribution in [0.5, 0.6) is 0 Å². The molecule has 0 bridgehead atoms. The predicted octanol–water partition coefficient (Wildman–Crippen LogP) is 1.30. The van der Waals surface area contributed by atoms with Crippen LogP contribution in [0.15, 0.2) is 18.3 Å². The maximum Gasteiger partial charge on any atom is 0.255 e. The monoisotopic (exact) mass is 290 g/mol. The summed E-state index contributed by atoms with van der Waals surface area (Å²) in [5.41, 5.74) is 0.523. The number of nitrogens with one attached hydrogen (secondary N) is 3. The number of rotatable bonds is 4. The SMILES string of the molecule is CC(C)Nc1ncccc1C(=O)NC1CCC(=O)NC1C. The van der Waals surface area contributed by atoms with Gasteiger partial charge >= 0.3 is 0 Å². The maximum absolute atomic E-state index is 12.4. The van der Waals surface area contributed by atoms with E-state index in [9.17, 15) is 9.59 Å². The van der Waals surface area contributed by atoms with E-state index in [2.05, 4.69) is 20.9 Å². The van der Waals surface area contributed by atoms with Crippen LogP contribution in [0.3, 0.4) is 0 Å². The molecule has 1 aromatic heterocycles. The minimum absolute atomic E-state index is 0.0385. The molecule has 21 heavy (non-hydrogen) atoms. The second-order valence-corrected chi connectivity index (χ2v) is 5.67. The van der Waals surface area contributed by atoms with Crippen LogP contribution in [0.2, 0.25) is 0 Å². The predicted molar refractivity (Wildman–Crippen MR) is 81.1 cm³/mol. The Hall–Kier alpha value is -2.11. The van der Waals surface area contributed by atoms with Crippen LogP contribution in [0.25, 0.3) is 0 Å². The van der Waals surface area contributed by atoms with Gasteiger partial charge in [0.05, 0.1) is 5.56 Å². The molecule has 2 heterocycles. The molecule has 0 spiro atoms. The topological polar surface area (TPSA) is 83.1 Å². The van der Waals surface area contributed by atoms with Gasteiger partial charge in [-0.15, -0.1) is 0 Å². The van der Waals surface area contributed by atoms with Crippen molar-refractivity contribution in [1.29, 1.82) is 0 Å². The highest BCUT2D eigenvalue weighted by Gasteiger charge is 2.27. The molecule has 3 N–H and O–H groups in total. The molecule has 6 heteroatoms. The lowest BCUT2D eigenvalue weighted by Gasteiger charge is -2.30. The fraction of sp³-hybridized carbons (Fsp3) is 0.533. The molecule has 1 fully saturated rings. The van der Waals surface area contributed by atoms with Gasteiger partial charge in [-0.1, -0.05) is 0 Å². The van der Waals surface area contributed by atoms with Crippen molar-refractivity contribution in [3.63, 3.8) is 0 Å². The highest BCUT2D eigenvalue weighted by Crippen LogP contribution is 2.15. The first kappa shape index (κ1) is 15.3. The molecule has 2 rings (SSSR count). The van der Waals surface area contributed by atoms with E-state index in [-0.39, 0.29) is 29.9 Å². The van der Waals surface area contributed by atoms with E-state index in [1.807, 2.05) is 20.8 Å². The van der Waals surface area contributed by atoms with Crippen LogP contribution in [0, 0.1) is 0 Å². The second-order valence-electron chi connectivity index (χ2n) is 5.67. The molecular formula is C15H22N4O2. The number of pyridine rings is 1. The third-order valence-electron chi connectivity index (χ3n) is 3.47. The molecule has 0 saturated carbocycles. The number of hydrogen-bond acceptors (Lipinski definition) is 4. The third kappa shape index (κ3) is 3.93. The van der Waals surface area contributed by atoms with Crippen LogP contribution < -0.4 is 16.0 Å². The van der Waals surface area contributed by atoms with Gasteiger partial charge in [0.1, 0.15) is 5.82 Å². The van der Waals surface area contributed by atoms with Crippen molar-refractivity contribution in [2.75, 3.05) is 5.32 Å². The van der Waals surface area contributed by atoms with Gasteiger partial charge in [-0.2, -0.15) is 0 Å². The molecule has 1 aromatic rings. The summed E-state index contributed by atoms with van der Waals surface area (Å²) in [7, 11) is 0. The minimum atomic E-state index is -0.167. The number of hydrogen-bond donors (Lipinski definition) is 3. The fourth-order valence-electron chi connectivity index (χ4n) is 2.38. The van der Waals surface area contributed by atoms with E-state index in [1.165, 1.54) is 0 Å². The van der Waals surface area contributed by atoms with Crippen molar-refractivity contribution in [1.82, 2.24) is 15.6 Å². The Kier molecular flexibility index (Phi) is 4.77. The van der Waals surface area contributed by atoms with Crippen molar-refractivity contribution in [2.24, 2.45) is 0 Å². The molecule has 0 radical (unpaired) electrons. The summed E-state index contributed by atoms with van der Waals surface area (Å²) in [6.45, 7) is 5.89. The number of carbonyl (C=O) groups excluding carboxylic acids is 2. The normalized spacial score (nSPS) is 21.8. The lowest BCUT2D eigenvalue weighted by molar-refractivity contribution is -0.123. The Morgan fingerprint density at radius 1 is 1.48 bits per heavy atom. The number of nitrogens with zero attached hydrogens (tertiary/aromatic N) is 1. The van der Waals surface area contributed by atoms with Crippen LogP contribution in [0.4, 0.5) is 5.82 Å². The Labute approximate surface area is 124 Å². The average molecular weight is 290 g/mol. The smallest absolute Gasteiger partial charge is 0.255 e. The number of piperidine rings is 1. The Morgan fingerprint density at radius 3 is 2.90 bits per heavy atom. The highest BCUT2D eigenvalue weighted by atomic mass is 16.2. The van der Waals surface area contributed by atoms with Gasteiger partial charge in [0.25, 0.3) is 5.91 Å². The first-order valence-corrected chi connectivity index (χ1v) is 7.29. The van der Waals surface area contributed by atoms with Crippen LogP contribution in [-0.4, -0.2) is 34.9 Å². The first-order chi connectivity index (χ1) is 9.97. The van der Waals surface area contributed by atoms with Gasteiger partial charge in [-0.3, -0.25) is 9.59 Å². The number of amides is 2. The molecule has 1 saturated heterocycles. The summed E-state index contributed by atoms with van der Waals surface area (Å²) >= 11 is 0. The molecular weight excluding hydrogens is 268 g/mol. The summed E-state index contributed by atoms with van der Waals surface area (Å²) in [5, 5.41) is 9.00. The number of carbonyl (C=O) groups is 2. The summed E-state index contributed by atoms with van der Waals surface area (Å²) in [5.74, 6) is 0.452. The second kappa shape index (κ2) is 6.56. The molecule has 2 amide bonds. The summed E-state index contributed by atoms with van der Waals surface area (Å²) in [6, 6.07) is 3.57. The Bertz CT molecular complexity index is 530. The van der Waals surface area contributed by atoms with E-state index in [0.29, 0.717) is 24.2 Å². The van der Waals surface area contributed by atoms with Gasteiger partial charge in [0.15, 0.2) is 0 Å². The zero-order valence-corrected chi connectivity index (χ0v) is 12.6. The van der Waals surface area contributed by atoms with E-state index in [4.69, 9.17) is 0 Å². The molecule has 1 aliphatic heterocycles. The summed E-state index contributed by atoms with van der Waals surface area (Å²) < 4.78 is 0. The quantitative estimate of drug-likeness (QED) is 0.780. The Morgan fingerprint density at radius 2 is 2.24 bits per heavy atom. The molecule has 0 aromatic carbocycles. The van der Waals surface area contributed by atoms with Gasteiger partial charge in [-0.25, -0.2) is 4.98 Å². The lowest BCUT2D eigenvalue weighted by Crippen LogP contribution is -2.54. The molecule has 1 aliphatic rings. The van der Waals surface area contributed by atoms with Crippen LogP contribution in [0.1, 0.15) is 44.0 Å². The molecule has 114 valence electrons. The largest absolute Gasteiger partial charge is 0.367 e. The molecule has 2 atom stereocenters. The van der Waals surface area contributed by atoms with Crippen molar-refractivity contribution in [3.8, 4) is 0 Å². The van der Waals surface area contributed by atoms with Gasteiger partial charge in [0, 0.05) is 30.7 Å². The van der Waals surface area contributed by atoms with Crippen molar-refractivity contribution in [2.45, 2.75) is 51.7 Å². The maximum atomic E-state index is 12.4.